The number of aromatic nitrogens is 3. The molecule has 0 saturated carbocycles. The maximum atomic E-state index is 7.57. The van der Waals surface area contributed by atoms with Gasteiger partial charge in [0.25, 0.3) is 0 Å². The van der Waals surface area contributed by atoms with E-state index in [1.54, 1.807) is 18.3 Å². The second-order valence-corrected chi connectivity index (χ2v) is 7.42. The molecule has 0 N–H and O–H groups in total. The first-order chi connectivity index (χ1) is 17.4. The van der Waals surface area contributed by atoms with E-state index in [1.165, 1.54) is 12.3 Å². The molecule has 6 rings (SSSR count). The van der Waals surface area contributed by atoms with Crippen molar-refractivity contribution >= 4 is 22.1 Å². The van der Waals surface area contributed by atoms with E-state index in [1.807, 2.05) is 67.6 Å². The Labute approximate surface area is 216 Å². The Morgan fingerprint density at radius 2 is 1.71 bits per heavy atom. The van der Waals surface area contributed by atoms with Gasteiger partial charge in [-0.15, -0.1) is 54.1 Å². The summed E-state index contributed by atoms with van der Waals surface area (Å²) in [6.45, 7) is -0.279. The summed E-state index contributed by atoms with van der Waals surface area (Å²) < 4.78 is 28.6. The van der Waals surface area contributed by atoms with E-state index >= 15 is 0 Å². The minimum Gasteiger partial charge on any atom is -0.486 e. The third kappa shape index (κ3) is 4.96. The van der Waals surface area contributed by atoms with Gasteiger partial charge in [0, 0.05) is 47.7 Å². The van der Waals surface area contributed by atoms with Crippen LogP contribution in [-0.2, 0) is 20.1 Å². The normalized spacial score (nSPS) is 12.1. The van der Waals surface area contributed by atoms with Crippen LogP contribution in [0.1, 0.15) is 15.4 Å². The Kier molecular flexibility index (Phi) is 6.12. The van der Waals surface area contributed by atoms with Crippen LogP contribution >= 0.6 is 0 Å². The van der Waals surface area contributed by atoms with Gasteiger partial charge >= 0.3 is 0 Å². The number of fused-ring (bicyclic) bond motifs is 3. The predicted octanol–water partition coefficient (Wildman–Crippen LogP) is 7.01. The fraction of sp³-hybridized carbons (Fsp3) is 0.0690. The molecule has 2 aromatic carbocycles. The van der Waals surface area contributed by atoms with Gasteiger partial charge in [0.2, 0.25) is 5.71 Å². The maximum Gasteiger partial charge on any atom is 0.216 e. The summed E-state index contributed by atoms with van der Waals surface area (Å²) in [5.41, 5.74) is 5.44. The zero-order valence-electron chi connectivity index (χ0n) is 21.2. The Balaban J connectivity index is 0.000000208. The van der Waals surface area contributed by atoms with Crippen molar-refractivity contribution < 1.29 is 28.6 Å². The zero-order chi connectivity index (χ0) is 25.1. The van der Waals surface area contributed by atoms with Crippen LogP contribution in [0.15, 0.2) is 95.7 Å². The summed E-state index contributed by atoms with van der Waals surface area (Å²) in [5, 5.41) is 1.82. The molecule has 0 saturated heterocycles. The van der Waals surface area contributed by atoms with Crippen molar-refractivity contribution in [3.8, 4) is 22.5 Å². The third-order valence-corrected chi connectivity index (χ3v) is 5.10. The van der Waals surface area contributed by atoms with Gasteiger partial charge in [-0.25, -0.2) is 4.98 Å². The van der Waals surface area contributed by atoms with Gasteiger partial charge in [-0.1, -0.05) is 34.7 Å². The third-order valence-electron chi connectivity index (χ3n) is 5.10. The molecule has 4 aromatic heterocycles. The minimum absolute atomic E-state index is 0. The van der Waals surface area contributed by atoms with Crippen molar-refractivity contribution in [2.24, 2.45) is 0 Å². The molecule has 0 aliphatic rings. The molecule has 4 nitrogen and oxygen atoms in total. The molecule has 0 aliphatic heterocycles. The molecule has 0 spiro atoms. The van der Waals surface area contributed by atoms with Crippen LogP contribution in [0.25, 0.3) is 44.6 Å². The summed E-state index contributed by atoms with van der Waals surface area (Å²) in [7, 11) is 0. The zero-order valence-corrected chi connectivity index (χ0v) is 20.6. The number of rotatable bonds is 2. The average Bonchev–Trinajstić information content (AvgIpc) is 3.27. The monoisotopic (exact) mass is 623 g/mol. The molecule has 6 aromatic rings. The number of aryl methyl sites for hydroxylation is 2. The molecule has 1 radical (unpaired) electrons. The summed E-state index contributed by atoms with van der Waals surface area (Å²) in [6.07, 6.45) is 3.28. The molecule has 0 aliphatic carbocycles. The predicted molar refractivity (Wildman–Crippen MR) is 132 cm³/mol. The Morgan fingerprint density at radius 3 is 2.50 bits per heavy atom. The number of hydrogen-bond donors (Lipinski definition) is 0. The van der Waals surface area contributed by atoms with Gasteiger partial charge < -0.3 is 14.4 Å². The molecular formula is C29H21IrN3O-2. The van der Waals surface area contributed by atoms with E-state index in [4.69, 9.17) is 8.53 Å². The molecule has 0 fully saturated rings. The van der Waals surface area contributed by atoms with Gasteiger partial charge in [0.1, 0.15) is 0 Å². The van der Waals surface area contributed by atoms with Crippen LogP contribution in [0.5, 0.6) is 0 Å². The van der Waals surface area contributed by atoms with Crippen LogP contribution < -0.4 is 0 Å². The Morgan fingerprint density at radius 1 is 0.824 bits per heavy atom. The summed E-state index contributed by atoms with van der Waals surface area (Å²) >= 11 is 0. The van der Waals surface area contributed by atoms with E-state index < -0.39 is 6.85 Å². The van der Waals surface area contributed by atoms with Gasteiger partial charge in [0.05, 0.1) is 5.58 Å². The largest absolute Gasteiger partial charge is 0.486 e. The minimum atomic E-state index is -2.18. The van der Waals surface area contributed by atoms with Crippen molar-refractivity contribution in [1.29, 1.82) is 0 Å². The molecule has 4 heterocycles. The number of nitrogens with zero attached hydrogens (tertiary/aromatic N) is 3. The molecule has 34 heavy (non-hydrogen) atoms. The van der Waals surface area contributed by atoms with E-state index in [-0.39, 0.29) is 25.7 Å². The van der Waals surface area contributed by atoms with Crippen LogP contribution in [0.3, 0.4) is 0 Å². The fourth-order valence-corrected chi connectivity index (χ4v) is 3.55. The van der Waals surface area contributed by atoms with E-state index in [2.05, 4.69) is 27.1 Å². The van der Waals surface area contributed by atoms with Crippen LogP contribution in [0.2, 0.25) is 0 Å². The first kappa shape index (κ1) is 19.8. The van der Waals surface area contributed by atoms with Gasteiger partial charge in [-0.2, -0.15) is 0 Å². The van der Waals surface area contributed by atoms with Crippen molar-refractivity contribution in [3.63, 3.8) is 0 Å². The maximum absolute atomic E-state index is 7.57. The van der Waals surface area contributed by atoms with Crippen LogP contribution in [-0.4, -0.2) is 15.0 Å². The summed E-state index contributed by atoms with van der Waals surface area (Å²) in [5.74, 6) is 0. The molecule has 0 amide bonds. The SMILES string of the molecule is [2H]C([2H])([2H])c1ccnc(-c2[c-]ccc3c2oc2nc(C)ccc23)c1.[Ir].[c-]1ccccc1-c1ccccn1. The first-order valence-corrected chi connectivity index (χ1v) is 10.5. The summed E-state index contributed by atoms with van der Waals surface area (Å²) in [6, 6.07) is 30.6. The van der Waals surface area contributed by atoms with Gasteiger partial charge in [-0.3, -0.25) is 0 Å². The molecule has 0 bridgehead atoms. The molecule has 169 valence electrons. The van der Waals surface area contributed by atoms with E-state index in [0.29, 0.717) is 22.6 Å². The van der Waals surface area contributed by atoms with Gasteiger partial charge in [0.15, 0.2) is 0 Å². The number of hydrogen-bond acceptors (Lipinski definition) is 4. The number of furan rings is 1. The molecule has 5 heteroatoms. The van der Waals surface area contributed by atoms with Crippen LogP contribution in [0, 0.1) is 25.9 Å². The van der Waals surface area contributed by atoms with E-state index in [0.717, 1.165) is 27.7 Å². The first-order valence-electron chi connectivity index (χ1n) is 12.0. The molecular weight excluding hydrogens is 599 g/mol. The fourth-order valence-electron chi connectivity index (χ4n) is 3.55. The summed E-state index contributed by atoms with van der Waals surface area (Å²) in [4.78, 5) is 12.9. The molecule has 0 atom stereocenters. The van der Waals surface area contributed by atoms with Crippen molar-refractivity contribution in [1.82, 2.24) is 15.0 Å². The van der Waals surface area contributed by atoms with Crippen molar-refractivity contribution in [2.45, 2.75) is 13.8 Å². The number of benzene rings is 2. The van der Waals surface area contributed by atoms with Crippen molar-refractivity contribution in [3.05, 3.63) is 115 Å². The Hall–Kier alpha value is -3.66. The Bertz CT molecular complexity index is 1600. The van der Waals surface area contributed by atoms with Crippen molar-refractivity contribution in [2.75, 3.05) is 0 Å². The second-order valence-electron chi connectivity index (χ2n) is 7.42. The number of pyridine rings is 3. The molecule has 0 unspecified atom stereocenters. The van der Waals surface area contributed by atoms with E-state index in [9.17, 15) is 0 Å². The van der Waals surface area contributed by atoms with Gasteiger partial charge in [-0.05, 0) is 49.4 Å². The smallest absolute Gasteiger partial charge is 0.216 e. The standard InChI is InChI=1S/C18H13N2O.C11H8N.Ir/c1-11-8-9-19-16(10-11)15-5-3-4-13-14-7-6-12(2)20-18(14)21-17(13)15;1-2-6-10(7-3-1)11-8-4-5-9-12-11;/h3-4,6-10H,1-2H3;1-6,8-9H;/q2*-1;/i1D3;;. The average molecular weight is 623 g/mol. The second kappa shape index (κ2) is 10.5. The van der Waals surface area contributed by atoms with Crippen LogP contribution in [0.4, 0.5) is 0 Å². The topological polar surface area (TPSA) is 51.8 Å². The quantitative estimate of drug-likeness (QED) is 0.195.